The third-order valence-corrected chi connectivity index (χ3v) is 3.52. The lowest BCUT2D eigenvalue weighted by Gasteiger charge is -2.14. The van der Waals surface area contributed by atoms with Crippen molar-refractivity contribution >= 4 is 23.2 Å². The number of rotatable bonds is 5. The molecule has 0 saturated heterocycles. The van der Waals surface area contributed by atoms with E-state index in [1.54, 1.807) is 25.1 Å². The van der Waals surface area contributed by atoms with Crippen LogP contribution in [0.25, 0.3) is 0 Å². The van der Waals surface area contributed by atoms with Crippen LogP contribution in [0.15, 0.2) is 34.1 Å². The SMILES string of the molecule is Cc1ccc(C(=O)NC(CC(=O)O)c2cccs2)o1. The van der Waals surface area contributed by atoms with Gasteiger partial charge in [-0.05, 0) is 30.5 Å². The Morgan fingerprint density at radius 2 is 2.21 bits per heavy atom. The molecule has 0 fully saturated rings. The van der Waals surface area contributed by atoms with E-state index in [-0.39, 0.29) is 12.2 Å². The largest absolute Gasteiger partial charge is 0.481 e. The van der Waals surface area contributed by atoms with Crippen LogP contribution in [0.1, 0.15) is 33.7 Å². The average molecular weight is 279 g/mol. The summed E-state index contributed by atoms with van der Waals surface area (Å²) in [7, 11) is 0. The molecule has 2 rings (SSSR count). The second-order valence-electron chi connectivity index (χ2n) is 4.05. The van der Waals surface area contributed by atoms with Gasteiger partial charge in [0.1, 0.15) is 5.76 Å². The fraction of sp³-hybridized carbons (Fsp3) is 0.231. The van der Waals surface area contributed by atoms with E-state index in [9.17, 15) is 9.59 Å². The lowest BCUT2D eigenvalue weighted by Crippen LogP contribution is -2.29. The second kappa shape index (κ2) is 5.71. The van der Waals surface area contributed by atoms with Gasteiger partial charge in [0.05, 0.1) is 12.5 Å². The molecule has 0 radical (unpaired) electrons. The number of carbonyl (C=O) groups excluding carboxylic acids is 1. The first-order chi connectivity index (χ1) is 9.06. The number of carboxylic acids is 1. The maximum atomic E-state index is 12.0. The Balaban J connectivity index is 2.12. The van der Waals surface area contributed by atoms with Gasteiger partial charge in [0.2, 0.25) is 0 Å². The van der Waals surface area contributed by atoms with Crippen LogP contribution in [0.2, 0.25) is 0 Å². The maximum absolute atomic E-state index is 12.0. The van der Waals surface area contributed by atoms with Crippen molar-refractivity contribution in [2.45, 2.75) is 19.4 Å². The molecule has 0 aromatic carbocycles. The van der Waals surface area contributed by atoms with Crippen LogP contribution in [-0.4, -0.2) is 17.0 Å². The fourth-order valence-corrected chi connectivity index (χ4v) is 2.45. The number of aryl methyl sites for hydroxylation is 1. The topological polar surface area (TPSA) is 79.5 Å². The smallest absolute Gasteiger partial charge is 0.305 e. The molecule has 2 aromatic rings. The zero-order valence-electron chi connectivity index (χ0n) is 10.3. The second-order valence-corrected chi connectivity index (χ2v) is 5.03. The Hall–Kier alpha value is -2.08. The van der Waals surface area contributed by atoms with Crippen LogP contribution in [-0.2, 0) is 4.79 Å². The van der Waals surface area contributed by atoms with Crippen molar-refractivity contribution in [2.24, 2.45) is 0 Å². The highest BCUT2D eigenvalue weighted by molar-refractivity contribution is 7.10. The van der Waals surface area contributed by atoms with Crippen molar-refractivity contribution in [3.8, 4) is 0 Å². The maximum Gasteiger partial charge on any atom is 0.305 e. The van der Waals surface area contributed by atoms with Gasteiger partial charge in [0.15, 0.2) is 5.76 Å². The molecule has 1 unspecified atom stereocenters. The van der Waals surface area contributed by atoms with Crippen LogP contribution < -0.4 is 5.32 Å². The first kappa shape index (κ1) is 13.4. The molecule has 2 N–H and O–H groups in total. The van der Waals surface area contributed by atoms with Gasteiger partial charge in [-0.25, -0.2) is 0 Å². The van der Waals surface area contributed by atoms with Crippen molar-refractivity contribution in [1.29, 1.82) is 0 Å². The van der Waals surface area contributed by atoms with Gasteiger partial charge in [-0.15, -0.1) is 11.3 Å². The van der Waals surface area contributed by atoms with E-state index in [2.05, 4.69) is 5.32 Å². The third kappa shape index (κ3) is 3.45. The fourth-order valence-electron chi connectivity index (χ4n) is 1.67. The first-order valence-electron chi connectivity index (χ1n) is 5.69. The van der Waals surface area contributed by atoms with Crippen molar-refractivity contribution in [3.63, 3.8) is 0 Å². The summed E-state index contributed by atoms with van der Waals surface area (Å²) in [5.74, 6) is -0.553. The van der Waals surface area contributed by atoms with E-state index in [0.717, 1.165) is 4.88 Å². The van der Waals surface area contributed by atoms with Gasteiger partial charge in [-0.2, -0.15) is 0 Å². The molecule has 0 aliphatic heterocycles. The molecule has 5 nitrogen and oxygen atoms in total. The number of aliphatic carboxylic acids is 1. The highest BCUT2D eigenvalue weighted by Crippen LogP contribution is 2.22. The molecule has 0 aliphatic rings. The third-order valence-electron chi connectivity index (χ3n) is 2.53. The summed E-state index contributed by atoms with van der Waals surface area (Å²) in [6.45, 7) is 1.74. The van der Waals surface area contributed by atoms with Crippen molar-refractivity contribution in [3.05, 3.63) is 46.0 Å². The molecule has 2 aromatic heterocycles. The number of amides is 1. The van der Waals surface area contributed by atoms with E-state index >= 15 is 0 Å². The molecule has 0 bridgehead atoms. The van der Waals surface area contributed by atoms with E-state index < -0.39 is 17.9 Å². The number of carboxylic acid groups (broad SMARTS) is 1. The summed E-state index contributed by atoms with van der Waals surface area (Å²) >= 11 is 1.41. The van der Waals surface area contributed by atoms with Crippen molar-refractivity contribution in [1.82, 2.24) is 5.32 Å². The molecule has 0 saturated carbocycles. The first-order valence-corrected chi connectivity index (χ1v) is 6.56. The van der Waals surface area contributed by atoms with Crippen LogP contribution in [0.4, 0.5) is 0 Å². The molecule has 2 heterocycles. The Bertz CT molecular complexity index is 573. The van der Waals surface area contributed by atoms with Crippen LogP contribution in [0.5, 0.6) is 0 Å². The molecule has 19 heavy (non-hydrogen) atoms. The van der Waals surface area contributed by atoms with Gasteiger partial charge < -0.3 is 14.8 Å². The standard InChI is InChI=1S/C13H13NO4S/c1-8-4-5-10(18-8)13(17)14-9(7-12(15)16)11-3-2-6-19-11/h2-6,9H,7H2,1H3,(H,14,17)(H,15,16). The van der Waals surface area contributed by atoms with E-state index in [1.807, 2.05) is 11.4 Å². The number of carbonyl (C=O) groups is 2. The number of thiophene rings is 1. The lowest BCUT2D eigenvalue weighted by molar-refractivity contribution is -0.137. The Morgan fingerprint density at radius 1 is 1.42 bits per heavy atom. The van der Waals surface area contributed by atoms with Crippen molar-refractivity contribution < 1.29 is 19.1 Å². The Morgan fingerprint density at radius 3 is 2.74 bits per heavy atom. The average Bonchev–Trinajstić information content (AvgIpc) is 2.97. The van der Waals surface area contributed by atoms with Gasteiger partial charge in [-0.1, -0.05) is 6.07 Å². The minimum atomic E-state index is -0.964. The number of hydrogen-bond donors (Lipinski definition) is 2. The monoisotopic (exact) mass is 279 g/mol. The van der Waals surface area contributed by atoms with E-state index in [1.165, 1.54) is 11.3 Å². The van der Waals surface area contributed by atoms with Gasteiger partial charge >= 0.3 is 5.97 Å². The predicted octanol–water partition coefficient (Wildman–Crippen LogP) is 2.60. The molecule has 0 aliphatic carbocycles. The summed E-state index contributed by atoms with van der Waals surface area (Å²) in [6, 6.07) is 6.32. The molecule has 1 atom stereocenters. The highest BCUT2D eigenvalue weighted by Gasteiger charge is 2.21. The molecular formula is C13H13NO4S. The highest BCUT2D eigenvalue weighted by atomic mass is 32.1. The van der Waals surface area contributed by atoms with Gasteiger partial charge in [-0.3, -0.25) is 9.59 Å². The minimum absolute atomic E-state index is 0.161. The lowest BCUT2D eigenvalue weighted by atomic mass is 10.1. The zero-order valence-corrected chi connectivity index (χ0v) is 11.1. The van der Waals surface area contributed by atoms with Gasteiger partial charge in [0, 0.05) is 4.88 Å². The minimum Gasteiger partial charge on any atom is -0.481 e. The van der Waals surface area contributed by atoms with Gasteiger partial charge in [0.25, 0.3) is 5.91 Å². The number of furan rings is 1. The summed E-state index contributed by atoms with van der Waals surface area (Å²) in [5, 5.41) is 13.4. The Labute approximate surface area is 113 Å². The normalized spacial score (nSPS) is 12.1. The Kier molecular flexibility index (Phi) is 4.01. The van der Waals surface area contributed by atoms with E-state index in [0.29, 0.717) is 5.76 Å². The summed E-state index contributed by atoms with van der Waals surface area (Å²) in [4.78, 5) is 23.6. The van der Waals surface area contributed by atoms with Crippen LogP contribution >= 0.6 is 11.3 Å². The van der Waals surface area contributed by atoms with Crippen LogP contribution in [0, 0.1) is 6.92 Å². The number of hydrogen-bond acceptors (Lipinski definition) is 4. The van der Waals surface area contributed by atoms with Crippen molar-refractivity contribution in [2.75, 3.05) is 0 Å². The summed E-state index contributed by atoms with van der Waals surface area (Å²) in [5.41, 5.74) is 0. The molecule has 0 spiro atoms. The quantitative estimate of drug-likeness (QED) is 0.881. The molecule has 1 amide bonds. The predicted molar refractivity (Wildman–Crippen MR) is 70.2 cm³/mol. The summed E-state index contributed by atoms with van der Waals surface area (Å²) < 4.78 is 5.21. The summed E-state index contributed by atoms with van der Waals surface area (Å²) in [6.07, 6.45) is -0.161. The number of nitrogens with one attached hydrogen (secondary N) is 1. The van der Waals surface area contributed by atoms with E-state index in [4.69, 9.17) is 9.52 Å². The molecule has 6 heteroatoms. The molecular weight excluding hydrogens is 266 g/mol. The van der Waals surface area contributed by atoms with Crippen LogP contribution in [0.3, 0.4) is 0 Å². The molecule has 100 valence electrons. The zero-order chi connectivity index (χ0) is 13.8.